The Hall–Kier alpha value is -2.55. The van der Waals surface area contributed by atoms with E-state index in [4.69, 9.17) is 5.73 Å². The monoisotopic (exact) mass is 290 g/mol. The number of nitrogens with two attached hydrogens (primary N) is 1. The number of primary amides is 1. The largest absolute Gasteiger partial charge is 0.364 e. The van der Waals surface area contributed by atoms with Gasteiger partial charge in [-0.3, -0.25) is 4.79 Å². The first kappa shape index (κ1) is 13.1. The van der Waals surface area contributed by atoms with Gasteiger partial charge in [0.25, 0.3) is 5.91 Å². The molecule has 22 heavy (non-hydrogen) atoms. The summed E-state index contributed by atoms with van der Waals surface area (Å²) >= 11 is 0. The van der Waals surface area contributed by atoms with Crippen LogP contribution in [0.3, 0.4) is 0 Å². The first-order valence-corrected chi connectivity index (χ1v) is 7.70. The Bertz CT molecular complexity index is 816. The van der Waals surface area contributed by atoms with Gasteiger partial charge in [0.05, 0.1) is 0 Å². The first-order valence-electron chi connectivity index (χ1n) is 7.70. The van der Waals surface area contributed by atoms with E-state index >= 15 is 0 Å². The molecule has 3 N–H and O–H groups in total. The number of para-hydroxylation sites is 1. The zero-order valence-electron chi connectivity index (χ0n) is 12.3. The molecule has 1 amide bonds. The number of fused-ring (bicyclic) bond motifs is 1. The Kier molecular flexibility index (Phi) is 3.00. The topological polar surface area (TPSA) is 58.9 Å². The van der Waals surface area contributed by atoms with Gasteiger partial charge in [0.15, 0.2) is 0 Å². The minimum Gasteiger partial charge on any atom is -0.364 e. The molecule has 2 aliphatic rings. The molecule has 3 nitrogen and oxygen atoms in total. The quantitative estimate of drug-likeness (QED) is 0.707. The van der Waals surface area contributed by atoms with Gasteiger partial charge >= 0.3 is 0 Å². The first-order chi connectivity index (χ1) is 10.7. The summed E-state index contributed by atoms with van der Waals surface area (Å²) in [5.41, 5.74) is 11.5. The van der Waals surface area contributed by atoms with Crippen LogP contribution < -0.4 is 5.73 Å². The highest BCUT2D eigenvalue weighted by molar-refractivity contribution is 5.96. The maximum Gasteiger partial charge on any atom is 0.265 e. The molecule has 1 heterocycles. The molecule has 0 saturated carbocycles. The predicted octanol–water partition coefficient (Wildman–Crippen LogP) is 3.54. The molecule has 110 valence electrons. The third-order valence-corrected chi connectivity index (χ3v) is 4.76. The van der Waals surface area contributed by atoms with E-state index in [-0.39, 0.29) is 0 Å². The highest BCUT2D eigenvalue weighted by Crippen LogP contribution is 2.44. The fourth-order valence-electron chi connectivity index (χ4n) is 3.54. The molecular formula is C19H18N2O. The molecule has 0 saturated heterocycles. The van der Waals surface area contributed by atoms with Crippen molar-refractivity contribution in [1.82, 2.24) is 4.98 Å². The maximum absolute atomic E-state index is 10.8. The number of hydrogen-bond donors (Lipinski definition) is 2. The summed E-state index contributed by atoms with van der Waals surface area (Å²) in [7, 11) is 0. The number of aryl methyl sites for hydroxylation is 1. The van der Waals surface area contributed by atoms with E-state index in [0.29, 0.717) is 5.69 Å². The molecule has 1 atom stereocenters. The van der Waals surface area contributed by atoms with E-state index < -0.39 is 5.91 Å². The van der Waals surface area contributed by atoms with Crippen molar-refractivity contribution in [2.45, 2.75) is 25.2 Å². The number of benzene rings is 2. The average Bonchev–Trinajstić information content (AvgIpc) is 2.95. The van der Waals surface area contributed by atoms with Crippen LogP contribution >= 0.6 is 0 Å². The molecule has 0 aliphatic heterocycles. The summed E-state index contributed by atoms with van der Waals surface area (Å²) in [5.74, 6) is 0.523. The van der Waals surface area contributed by atoms with Gasteiger partial charge in [-0.05, 0) is 54.0 Å². The van der Waals surface area contributed by atoms with Crippen molar-refractivity contribution in [3.05, 3.63) is 70.9 Å². The van der Waals surface area contributed by atoms with E-state index in [1.165, 1.54) is 19.3 Å². The minimum atomic E-state index is -0.425. The third kappa shape index (κ3) is 2.10. The van der Waals surface area contributed by atoms with Gasteiger partial charge in [-0.1, -0.05) is 36.4 Å². The number of aromatic nitrogens is 1. The smallest absolute Gasteiger partial charge is 0.265 e. The Balaban J connectivity index is 0.000000115. The number of amides is 1. The molecule has 1 aromatic heterocycles. The standard InChI is InChI=1S/C10H10.C9H8N2O/c1-2-7-4-5-8-6-10(7)9(8)3-1;10-9(12)8-5-6-3-1-2-4-7(6)11-8/h1-3,8H,4-6H2;1-5,11H,(H2,10,12). The molecule has 5 rings (SSSR count). The number of carbonyl (C=O) groups excluding carboxylic acids is 1. The van der Waals surface area contributed by atoms with Crippen molar-refractivity contribution in [1.29, 1.82) is 0 Å². The summed E-state index contributed by atoms with van der Waals surface area (Å²) in [5, 5.41) is 1.01. The lowest BCUT2D eigenvalue weighted by Crippen LogP contribution is -2.24. The number of rotatable bonds is 1. The average molecular weight is 290 g/mol. The highest BCUT2D eigenvalue weighted by atomic mass is 16.1. The van der Waals surface area contributed by atoms with Crippen LogP contribution in [0.1, 0.15) is 39.5 Å². The van der Waals surface area contributed by atoms with Crippen LogP contribution in [-0.4, -0.2) is 10.9 Å². The lowest BCUT2D eigenvalue weighted by Gasteiger charge is -2.37. The molecule has 2 aliphatic carbocycles. The molecule has 1 unspecified atom stereocenters. The van der Waals surface area contributed by atoms with Crippen LogP contribution in [0.4, 0.5) is 0 Å². The Morgan fingerprint density at radius 1 is 1.14 bits per heavy atom. The fraction of sp³-hybridized carbons (Fsp3) is 0.211. The Morgan fingerprint density at radius 2 is 2.00 bits per heavy atom. The fourth-order valence-corrected chi connectivity index (χ4v) is 3.54. The Morgan fingerprint density at radius 3 is 2.68 bits per heavy atom. The molecule has 3 heteroatoms. The van der Waals surface area contributed by atoms with Crippen molar-refractivity contribution in [2.24, 2.45) is 5.73 Å². The van der Waals surface area contributed by atoms with Crippen LogP contribution in [-0.2, 0) is 12.8 Å². The summed E-state index contributed by atoms with van der Waals surface area (Å²) in [6.45, 7) is 0. The number of nitrogens with one attached hydrogen (secondary N) is 1. The van der Waals surface area contributed by atoms with Crippen molar-refractivity contribution in [3.63, 3.8) is 0 Å². The second kappa shape index (κ2) is 5.02. The lowest BCUT2D eigenvalue weighted by molar-refractivity contribution is 0.0996. The van der Waals surface area contributed by atoms with E-state index in [0.717, 1.165) is 16.8 Å². The third-order valence-electron chi connectivity index (χ3n) is 4.76. The second-order valence-electron chi connectivity index (χ2n) is 6.06. The number of aromatic amines is 1. The SMILES string of the molecule is NC(=O)c1cc2ccccc2[nH]1.c1cc2c3c(c1)C(CC2)C3. The summed E-state index contributed by atoms with van der Waals surface area (Å²) in [4.78, 5) is 13.7. The van der Waals surface area contributed by atoms with E-state index in [1.54, 1.807) is 22.8 Å². The van der Waals surface area contributed by atoms with Crippen LogP contribution in [0.25, 0.3) is 10.9 Å². The van der Waals surface area contributed by atoms with E-state index in [9.17, 15) is 4.79 Å². The Labute approximate surface area is 129 Å². The van der Waals surface area contributed by atoms with Gasteiger partial charge in [-0.25, -0.2) is 0 Å². The second-order valence-corrected chi connectivity index (χ2v) is 6.06. The lowest BCUT2D eigenvalue weighted by atomic mass is 9.67. The van der Waals surface area contributed by atoms with E-state index in [2.05, 4.69) is 23.2 Å². The maximum atomic E-state index is 10.8. The van der Waals surface area contributed by atoms with Gasteiger partial charge in [-0.2, -0.15) is 0 Å². The van der Waals surface area contributed by atoms with Crippen LogP contribution in [0.2, 0.25) is 0 Å². The van der Waals surface area contributed by atoms with Crippen molar-refractivity contribution < 1.29 is 4.79 Å². The molecule has 2 aromatic carbocycles. The number of H-pyrrole nitrogens is 1. The van der Waals surface area contributed by atoms with Crippen molar-refractivity contribution in [2.75, 3.05) is 0 Å². The van der Waals surface area contributed by atoms with Crippen LogP contribution in [0.15, 0.2) is 48.5 Å². The van der Waals surface area contributed by atoms with Crippen LogP contribution in [0.5, 0.6) is 0 Å². The van der Waals surface area contributed by atoms with Crippen molar-refractivity contribution >= 4 is 16.8 Å². The zero-order valence-corrected chi connectivity index (χ0v) is 12.3. The molecule has 4 bridgehead atoms. The molecule has 0 radical (unpaired) electrons. The van der Waals surface area contributed by atoms with Gasteiger partial charge < -0.3 is 10.7 Å². The predicted molar refractivity (Wildman–Crippen MR) is 88.0 cm³/mol. The zero-order chi connectivity index (χ0) is 15.1. The number of carbonyl (C=O) groups is 1. The van der Waals surface area contributed by atoms with Crippen molar-refractivity contribution in [3.8, 4) is 0 Å². The van der Waals surface area contributed by atoms with Gasteiger partial charge in [0.1, 0.15) is 5.69 Å². The number of hydrogen-bond acceptors (Lipinski definition) is 1. The molecule has 0 fully saturated rings. The normalized spacial score (nSPS) is 17.4. The van der Waals surface area contributed by atoms with Gasteiger partial charge in [0, 0.05) is 10.9 Å². The highest BCUT2D eigenvalue weighted by Gasteiger charge is 2.31. The van der Waals surface area contributed by atoms with Gasteiger partial charge in [0.2, 0.25) is 0 Å². The van der Waals surface area contributed by atoms with Gasteiger partial charge in [-0.15, -0.1) is 0 Å². The minimum absolute atomic E-state index is 0.425. The molecule has 0 spiro atoms. The van der Waals surface area contributed by atoms with E-state index in [1.807, 2.05) is 24.3 Å². The molecular weight excluding hydrogens is 272 g/mol. The summed E-state index contributed by atoms with van der Waals surface area (Å²) in [6.07, 6.45) is 4.13. The molecule has 3 aromatic rings. The summed E-state index contributed by atoms with van der Waals surface area (Å²) < 4.78 is 0. The summed E-state index contributed by atoms with van der Waals surface area (Å²) in [6, 6.07) is 16.2. The van der Waals surface area contributed by atoms with Crippen LogP contribution in [0, 0.1) is 0 Å².